The molecule has 2 aromatic rings. The van der Waals surface area contributed by atoms with E-state index in [9.17, 15) is 4.79 Å². The maximum atomic E-state index is 13.0. The Bertz CT molecular complexity index is 839. The minimum Gasteiger partial charge on any atom is -0.379 e. The highest BCUT2D eigenvalue weighted by atomic mass is 16.5. The Morgan fingerprint density at radius 2 is 1.97 bits per heavy atom. The van der Waals surface area contributed by atoms with E-state index in [-0.39, 0.29) is 5.91 Å². The molecule has 2 aliphatic heterocycles. The number of rotatable bonds is 6. The van der Waals surface area contributed by atoms with Crippen LogP contribution in [0, 0.1) is 0 Å². The standard InChI is InChI=1S/C23H31N5O2/c1-18-7-5-6-11-28(18)22-20(17-25-21(26-22)19-8-3-2-4-9-19)23(29)24-10-12-27-13-15-30-16-14-27/h2-4,8-9,17-18H,5-7,10-16H2,1H3,(H,24,29). The number of nitrogens with zero attached hydrogens (tertiary/aromatic N) is 4. The molecule has 1 unspecified atom stereocenters. The third-order valence-electron chi connectivity index (χ3n) is 5.94. The van der Waals surface area contributed by atoms with Crippen LogP contribution < -0.4 is 10.2 Å². The normalized spacial score (nSPS) is 20.2. The van der Waals surface area contributed by atoms with Crippen molar-refractivity contribution in [3.05, 3.63) is 42.1 Å². The van der Waals surface area contributed by atoms with Gasteiger partial charge in [0.1, 0.15) is 11.4 Å². The lowest BCUT2D eigenvalue weighted by molar-refractivity contribution is 0.0383. The fraction of sp³-hybridized carbons (Fsp3) is 0.522. The third kappa shape index (κ3) is 4.96. The minimum atomic E-state index is -0.101. The van der Waals surface area contributed by atoms with E-state index >= 15 is 0 Å². The van der Waals surface area contributed by atoms with Gasteiger partial charge in [0.05, 0.1) is 13.2 Å². The first-order chi connectivity index (χ1) is 14.7. The van der Waals surface area contributed by atoms with Crippen LogP contribution in [0.5, 0.6) is 0 Å². The number of ether oxygens (including phenoxy) is 1. The number of carbonyl (C=O) groups is 1. The van der Waals surface area contributed by atoms with Crippen LogP contribution in [0.15, 0.2) is 36.5 Å². The molecule has 3 heterocycles. The molecule has 1 aromatic heterocycles. The van der Waals surface area contributed by atoms with Gasteiger partial charge in [-0.2, -0.15) is 0 Å². The summed E-state index contributed by atoms with van der Waals surface area (Å²) in [6, 6.07) is 10.3. The molecule has 1 N–H and O–H groups in total. The molecule has 0 aliphatic carbocycles. The van der Waals surface area contributed by atoms with Crippen LogP contribution in [-0.4, -0.2) is 72.8 Å². The average molecular weight is 410 g/mol. The van der Waals surface area contributed by atoms with Gasteiger partial charge in [-0.05, 0) is 26.2 Å². The zero-order valence-electron chi connectivity index (χ0n) is 17.7. The number of hydrogen-bond acceptors (Lipinski definition) is 6. The summed E-state index contributed by atoms with van der Waals surface area (Å²) in [5.74, 6) is 1.31. The predicted octanol–water partition coefficient (Wildman–Crippen LogP) is 2.58. The Hall–Kier alpha value is -2.51. The number of carbonyl (C=O) groups excluding carboxylic acids is 1. The van der Waals surface area contributed by atoms with Gasteiger partial charge in [0, 0.05) is 50.5 Å². The van der Waals surface area contributed by atoms with Gasteiger partial charge in [0.15, 0.2) is 5.82 Å². The second-order valence-electron chi connectivity index (χ2n) is 8.05. The Kier molecular flexibility index (Phi) is 6.92. The van der Waals surface area contributed by atoms with Gasteiger partial charge >= 0.3 is 0 Å². The number of morpholine rings is 1. The Balaban J connectivity index is 1.53. The van der Waals surface area contributed by atoms with E-state index in [4.69, 9.17) is 9.72 Å². The highest BCUT2D eigenvalue weighted by Crippen LogP contribution is 2.28. The molecule has 4 rings (SSSR count). The molecule has 0 radical (unpaired) electrons. The summed E-state index contributed by atoms with van der Waals surface area (Å²) in [5, 5.41) is 3.07. The molecule has 160 valence electrons. The smallest absolute Gasteiger partial charge is 0.256 e. The first-order valence-corrected chi connectivity index (χ1v) is 11.0. The van der Waals surface area contributed by atoms with Crippen molar-refractivity contribution in [3.63, 3.8) is 0 Å². The molecule has 2 aliphatic rings. The summed E-state index contributed by atoms with van der Waals surface area (Å²) in [5.41, 5.74) is 1.52. The molecule has 0 spiro atoms. The molecular weight excluding hydrogens is 378 g/mol. The van der Waals surface area contributed by atoms with Crippen molar-refractivity contribution in [2.24, 2.45) is 0 Å². The Labute approximate surface area is 178 Å². The molecule has 2 fully saturated rings. The fourth-order valence-corrected chi connectivity index (χ4v) is 4.14. The van der Waals surface area contributed by atoms with E-state index in [0.717, 1.165) is 63.6 Å². The maximum Gasteiger partial charge on any atom is 0.256 e. The van der Waals surface area contributed by atoms with E-state index in [2.05, 4.69) is 27.0 Å². The van der Waals surface area contributed by atoms with Crippen LogP contribution in [0.2, 0.25) is 0 Å². The van der Waals surface area contributed by atoms with Crippen LogP contribution in [0.4, 0.5) is 5.82 Å². The molecule has 7 nitrogen and oxygen atoms in total. The van der Waals surface area contributed by atoms with Crippen molar-refractivity contribution < 1.29 is 9.53 Å². The molecule has 0 saturated carbocycles. The molecule has 1 aromatic carbocycles. The average Bonchev–Trinajstić information content (AvgIpc) is 2.80. The van der Waals surface area contributed by atoms with Gasteiger partial charge in [-0.1, -0.05) is 30.3 Å². The number of aromatic nitrogens is 2. The molecule has 0 bridgehead atoms. The second kappa shape index (κ2) is 10.00. The zero-order valence-corrected chi connectivity index (χ0v) is 17.7. The third-order valence-corrected chi connectivity index (χ3v) is 5.94. The number of benzene rings is 1. The van der Waals surface area contributed by atoms with Gasteiger partial charge in [-0.25, -0.2) is 9.97 Å². The van der Waals surface area contributed by atoms with Crippen LogP contribution >= 0.6 is 0 Å². The Morgan fingerprint density at radius 3 is 2.73 bits per heavy atom. The molecule has 1 amide bonds. The van der Waals surface area contributed by atoms with Gasteiger partial charge in [-0.3, -0.25) is 9.69 Å². The SMILES string of the molecule is CC1CCCCN1c1nc(-c2ccccc2)ncc1C(=O)NCCN1CCOCC1. The lowest BCUT2D eigenvalue weighted by Gasteiger charge is -2.35. The van der Waals surface area contributed by atoms with Crippen molar-refractivity contribution in [3.8, 4) is 11.4 Å². The van der Waals surface area contributed by atoms with Gasteiger partial charge in [-0.15, -0.1) is 0 Å². The minimum absolute atomic E-state index is 0.101. The summed E-state index contributed by atoms with van der Waals surface area (Å²) >= 11 is 0. The van der Waals surface area contributed by atoms with Crippen LogP contribution in [0.25, 0.3) is 11.4 Å². The van der Waals surface area contributed by atoms with E-state index in [1.807, 2.05) is 30.3 Å². The van der Waals surface area contributed by atoms with Crippen molar-refractivity contribution in [2.75, 3.05) is 50.8 Å². The fourth-order valence-electron chi connectivity index (χ4n) is 4.14. The summed E-state index contributed by atoms with van der Waals surface area (Å²) in [7, 11) is 0. The van der Waals surface area contributed by atoms with Crippen molar-refractivity contribution in [1.29, 1.82) is 0 Å². The largest absolute Gasteiger partial charge is 0.379 e. The van der Waals surface area contributed by atoms with Crippen molar-refractivity contribution in [1.82, 2.24) is 20.2 Å². The highest BCUT2D eigenvalue weighted by Gasteiger charge is 2.26. The predicted molar refractivity (Wildman–Crippen MR) is 118 cm³/mol. The topological polar surface area (TPSA) is 70.6 Å². The lowest BCUT2D eigenvalue weighted by atomic mass is 10.0. The van der Waals surface area contributed by atoms with Gasteiger partial charge < -0.3 is 15.0 Å². The summed E-state index contributed by atoms with van der Waals surface area (Å²) in [6.45, 7) is 7.92. The highest BCUT2D eigenvalue weighted by molar-refractivity contribution is 5.99. The molecule has 30 heavy (non-hydrogen) atoms. The van der Waals surface area contributed by atoms with Crippen molar-refractivity contribution in [2.45, 2.75) is 32.2 Å². The lowest BCUT2D eigenvalue weighted by Crippen LogP contribution is -2.42. The number of hydrogen-bond donors (Lipinski definition) is 1. The van der Waals surface area contributed by atoms with Crippen LogP contribution in [0.1, 0.15) is 36.5 Å². The monoisotopic (exact) mass is 409 g/mol. The van der Waals surface area contributed by atoms with Gasteiger partial charge in [0.2, 0.25) is 0 Å². The van der Waals surface area contributed by atoms with E-state index < -0.39 is 0 Å². The number of nitrogens with one attached hydrogen (secondary N) is 1. The summed E-state index contributed by atoms with van der Waals surface area (Å²) in [4.78, 5) is 27.0. The van der Waals surface area contributed by atoms with Gasteiger partial charge in [0.25, 0.3) is 5.91 Å². The second-order valence-corrected chi connectivity index (χ2v) is 8.05. The number of anilines is 1. The number of piperidine rings is 1. The van der Waals surface area contributed by atoms with Crippen LogP contribution in [0.3, 0.4) is 0 Å². The van der Waals surface area contributed by atoms with Crippen molar-refractivity contribution >= 4 is 11.7 Å². The first-order valence-electron chi connectivity index (χ1n) is 11.0. The molecule has 2 saturated heterocycles. The zero-order chi connectivity index (χ0) is 20.8. The quantitative estimate of drug-likeness (QED) is 0.791. The first kappa shape index (κ1) is 20.8. The molecule has 7 heteroatoms. The summed E-state index contributed by atoms with van der Waals surface area (Å²) in [6.07, 6.45) is 5.14. The van der Waals surface area contributed by atoms with E-state index in [0.29, 0.717) is 24.0 Å². The van der Waals surface area contributed by atoms with E-state index in [1.165, 1.54) is 6.42 Å². The number of amides is 1. The van der Waals surface area contributed by atoms with E-state index in [1.54, 1.807) is 6.20 Å². The Morgan fingerprint density at radius 1 is 1.17 bits per heavy atom. The summed E-state index contributed by atoms with van der Waals surface area (Å²) < 4.78 is 5.39. The maximum absolute atomic E-state index is 13.0. The van der Waals surface area contributed by atoms with Crippen LogP contribution in [-0.2, 0) is 4.74 Å². The molecular formula is C23H31N5O2. The molecule has 1 atom stereocenters.